The monoisotopic (exact) mass is 285 g/mol. The normalized spacial score (nSPS) is 21.0. The fourth-order valence-corrected chi connectivity index (χ4v) is 2.92. The lowest BCUT2D eigenvalue weighted by atomic mass is 9.90. The zero-order valence-electron chi connectivity index (χ0n) is 11.7. The van der Waals surface area contributed by atoms with E-state index >= 15 is 0 Å². The lowest BCUT2D eigenvalue weighted by Crippen LogP contribution is -2.31. The summed E-state index contributed by atoms with van der Waals surface area (Å²) in [6.45, 7) is 0.350. The molecule has 2 atom stereocenters. The van der Waals surface area contributed by atoms with Crippen LogP contribution in [0.1, 0.15) is 22.8 Å². The van der Waals surface area contributed by atoms with Gasteiger partial charge in [0.05, 0.1) is 12.2 Å². The molecule has 4 nitrogen and oxygen atoms in total. The highest BCUT2D eigenvalue weighted by Gasteiger charge is 2.29. The van der Waals surface area contributed by atoms with Crippen molar-refractivity contribution in [2.45, 2.75) is 25.0 Å². The van der Waals surface area contributed by atoms with Gasteiger partial charge in [0, 0.05) is 18.5 Å². The van der Waals surface area contributed by atoms with Gasteiger partial charge in [-0.25, -0.2) is 0 Å². The third-order valence-electron chi connectivity index (χ3n) is 3.95. The number of aromatic hydroxyl groups is 2. The Labute approximate surface area is 123 Å². The van der Waals surface area contributed by atoms with Crippen LogP contribution >= 0.6 is 0 Å². The number of nitrogens with two attached hydrogens (primary N) is 1. The first-order chi connectivity index (χ1) is 10.2. The zero-order valence-corrected chi connectivity index (χ0v) is 11.7. The maximum absolute atomic E-state index is 10.1. The second-order valence-corrected chi connectivity index (χ2v) is 5.38. The Kier molecular flexibility index (Phi) is 3.82. The molecule has 0 aromatic heterocycles. The summed E-state index contributed by atoms with van der Waals surface area (Å²) in [4.78, 5) is 0. The number of phenols is 2. The summed E-state index contributed by atoms with van der Waals surface area (Å²) in [5.41, 5.74) is 8.59. The van der Waals surface area contributed by atoms with Gasteiger partial charge in [-0.2, -0.15) is 0 Å². The van der Waals surface area contributed by atoms with Gasteiger partial charge in [0.25, 0.3) is 0 Å². The molecule has 0 amide bonds. The highest BCUT2D eigenvalue weighted by molar-refractivity contribution is 5.51. The van der Waals surface area contributed by atoms with E-state index < -0.39 is 0 Å². The quantitative estimate of drug-likeness (QED) is 0.756. The molecule has 110 valence electrons. The fraction of sp³-hybridized carbons (Fsp3) is 0.294. The van der Waals surface area contributed by atoms with Crippen molar-refractivity contribution in [2.24, 2.45) is 5.73 Å². The van der Waals surface area contributed by atoms with Gasteiger partial charge in [-0.3, -0.25) is 0 Å². The lowest BCUT2D eigenvalue weighted by Gasteiger charge is -2.32. The highest BCUT2D eigenvalue weighted by Crippen LogP contribution is 2.40. The van der Waals surface area contributed by atoms with Crippen molar-refractivity contribution in [3.8, 4) is 11.5 Å². The van der Waals surface area contributed by atoms with Crippen molar-refractivity contribution in [1.29, 1.82) is 0 Å². The molecule has 2 aromatic rings. The summed E-state index contributed by atoms with van der Waals surface area (Å²) < 4.78 is 6.04. The molecule has 0 aliphatic carbocycles. The molecule has 1 aliphatic rings. The van der Waals surface area contributed by atoms with Gasteiger partial charge < -0.3 is 20.7 Å². The van der Waals surface area contributed by atoms with Crippen LogP contribution in [0, 0.1) is 0 Å². The molecule has 2 aromatic carbocycles. The molecule has 21 heavy (non-hydrogen) atoms. The standard InChI is InChI=1S/C17H19NO3/c18-10-16-13-6-7-15(19)17(20)14(13)9-12(21-16)8-11-4-2-1-3-5-11/h1-7,12,16,19-20H,8-10,18H2/t12?,16-/m0/s1. The predicted octanol–water partition coefficient (Wildman–Crippen LogP) is 2.28. The third-order valence-corrected chi connectivity index (χ3v) is 3.95. The summed E-state index contributed by atoms with van der Waals surface area (Å²) in [7, 11) is 0. The van der Waals surface area contributed by atoms with Crippen LogP contribution in [0.25, 0.3) is 0 Å². The number of hydrogen-bond acceptors (Lipinski definition) is 4. The molecule has 0 radical (unpaired) electrons. The summed E-state index contributed by atoms with van der Waals surface area (Å²) in [6.07, 6.45) is 1.03. The fourth-order valence-electron chi connectivity index (χ4n) is 2.92. The summed E-state index contributed by atoms with van der Waals surface area (Å²) in [5.74, 6) is -0.141. The van der Waals surface area contributed by atoms with E-state index in [9.17, 15) is 10.2 Å². The van der Waals surface area contributed by atoms with Crippen molar-refractivity contribution in [2.75, 3.05) is 6.54 Å². The van der Waals surface area contributed by atoms with Crippen molar-refractivity contribution in [3.63, 3.8) is 0 Å². The van der Waals surface area contributed by atoms with Gasteiger partial charge in [0.1, 0.15) is 0 Å². The van der Waals surface area contributed by atoms with Gasteiger partial charge in [-0.1, -0.05) is 36.4 Å². The van der Waals surface area contributed by atoms with Crippen molar-refractivity contribution in [3.05, 3.63) is 59.2 Å². The number of phenolic OH excluding ortho intramolecular Hbond substituents is 2. The zero-order chi connectivity index (χ0) is 14.8. The predicted molar refractivity (Wildman–Crippen MR) is 80.3 cm³/mol. The van der Waals surface area contributed by atoms with Gasteiger partial charge in [-0.15, -0.1) is 0 Å². The molecule has 1 unspecified atom stereocenters. The van der Waals surface area contributed by atoms with Gasteiger partial charge >= 0.3 is 0 Å². The average molecular weight is 285 g/mol. The molecule has 4 N–H and O–H groups in total. The molecule has 0 fully saturated rings. The Balaban J connectivity index is 1.89. The van der Waals surface area contributed by atoms with Crippen LogP contribution in [-0.2, 0) is 17.6 Å². The van der Waals surface area contributed by atoms with E-state index in [4.69, 9.17) is 10.5 Å². The van der Waals surface area contributed by atoms with Crippen LogP contribution in [0.3, 0.4) is 0 Å². The average Bonchev–Trinajstić information content (AvgIpc) is 2.51. The van der Waals surface area contributed by atoms with E-state index in [1.165, 1.54) is 11.6 Å². The molecule has 0 bridgehead atoms. The summed E-state index contributed by atoms with van der Waals surface area (Å²) in [5, 5.41) is 19.8. The minimum absolute atomic E-state index is 0.0488. The van der Waals surface area contributed by atoms with Crippen molar-refractivity contribution >= 4 is 0 Å². The molecule has 0 spiro atoms. The second-order valence-electron chi connectivity index (χ2n) is 5.38. The first-order valence-corrected chi connectivity index (χ1v) is 7.12. The topological polar surface area (TPSA) is 75.7 Å². The van der Waals surface area contributed by atoms with E-state index in [-0.39, 0.29) is 23.7 Å². The van der Waals surface area contributed by atoms with E-state index in [2.05, 4.69) is 12.1 Å². The largest absolute Gasteiger partial charge is 0.504 e. The van der Waals surface area contributed by atoms with Crippen LogP contribution in [0.2, 0.25) is 0 Å². The van der Waals surface area contributed by atoms with Crippen LogP contribution in [0.4, 0.5) is 0 Å². The van der Waals surface area contributed by atoms with Crippen LogP contribution < -0.4 is 5.73 Å². The first kappa shape index (κ1) is 13.9. The molecular weight excluding hydrogens is 266 g/mol. The lowest BCUT2D eigenvalue weighted by molar-refractivity contribution is -0.0207. The van der Waals surface area contributed by atoms with Gasteiger partial charge in [0.2, 0.25) is 0 Å². The van der Waals surface area contributed by atoms with Gasteiger partial charge in [0.15, 0.2) is 11.5 Å². The Morgan fingerprint density at radius 1 is 1.10 bits per heavy atom. The van der Waals surface area contributed by atoms with E-state index in [0.717, 1.165) is 17.5 Å². The molecule has 4 heteroatoms. The number of fused-ring (bicyclic) bond motifs is 1. The third kappa shape index (κ3) is 2.73. The number of hydrogen-bond donors (Lipinski definition) is 3. The molecular formula is C17H19NO3. The smallest absolute Gasteiger partial charge is 0.161 e. The minimum atomic E-state index is -0.242. The van der Waals surface area contributed by atoms with Crippen LogP contribution in [0.15, 0.2) is 42.5 Å². The van der Waals surface area contributed by atoms with Crippen LogP contribution in [0.5, 0.6) is 11.5 Å². The maximum Gasteiger partial charge on any atom is 0.161 e. The summed E-state index contributed by atoms with van der Waals surface area (Å²) in [6, 6.07) is 13.3. The molecule has 3 rings (SSSR count). The molecule has 0 saturated heterocycles. The Bertz CT molecular complexity index is 627. The first-order valence-electron chi connectivity index (χ1n) is 7.12. The second kappa shape index (κ2) is 5.76. The summed E-state index contributed by atoms with van der Waals surface area (Å²) >= 11 is 0. The van der Waals surface area contributed by atoms with E-state index in [0.29, 0.717) is 13.0 Å². The molecule has 1 heterocycles. The van der Waals surface area contributed by atoms with E-state index in [1.54, 1.807) is 6.07 Å². The van der Waals surface area contributed by atoms with Crippen molar-refractivity contribution in [1.82, 2.24) is 0 Å². The van der Waals surface area contributed by atoms with Crippen LogP contribution in [-0.4, -0.2) is 22.9 Å². The SMILES string of the molecule is NC[C@@H]1OC(Cc2ccccc2)Cc2c1ccc(O)c2O. The van der Waals surface area contributed by atoms with Gasteiger partial charge in [-0.05, 0) is 23.6 Å². The molecule has 0 saturated carbocycles. The minimum Gasteiger partial charge on any atom is -0.504 e. The number of benzene rings is 2. The Morgan fingerprint density at radius 2 is 1.86 bits per heavy atom. The molecule has 1 aliphatic heterocycles. The Hall–Kier alpha value is -2.04. The maximum atomic E-state index is 10.1. The van der Waals surface area contributed by atoms with E-state index in [1.807, 2.05) is 18.2 Å². The Morgan fingerprint density at radius 3 is 2.57 bits per heavy atom. The number of rotatable bonds is 3. The number of ether oxygens (including phenoxy) is 1. The highest BCUT2D eigenvalue weighted by atomic mass is 16.5. The van der Waals surface area contributed by atoms with Crippen molar-refractivity contribution < 1.29 is 14.9 Å².